The lowest BCUT2D eigenvalue weighted by atomic mass is 10.1. The molecule has 21 heavy (non-hydrogen) atoms. The first kappa shape index (κ1) is 15.5. The summed E-state index contributed by atoms with van der Waals surface area (Å²) in [4.78, 5) is 4.60. The largest absolute Gasteiger partial charge is 0.489 e. The van der Waals surface area contributed by atoms with E-state index in [-0.39, 0.29) is 0 Å². The second-order valence-corrected chi connectivity index (χ2v) is 5.75. The molecule has 0 radical (unpaired) electrons. The zero-order valence-electron chi connectivity index (χ0n) is 12.3. The third kappa shape index (κ3) is 4.30. The average molecular weight is 344 g/mol. The van der Waals surface area contributed by atoms with Crippen molar-refractivity contribution in [3.63, 3.8) is 0 Å². The molecule has 3 heteroatoms. The highest BCUT2D eigenvalue weighted by Crippen LogP contribution is 2.24. The van der Waals surface area contributed by atoms with Crippen LogP contribution in [-0.2, 0) is 0 Å². The zero-order valence-corrected chi connectivity index (χ0v) is 13.9. The maximum atomic E-state index is 5.65. The van der Waals surface area contributed by atoms with E-state index < -0.39 is 0 Å². The van der Waals surface area contributed by atoms with E-state index in [2.05, 4.69) is 59.5 Å². The fraction of sp³-hybridized carbons (Fsp3) is 0.167. The Morgan fingerprint density at radius 3 is 2.76 bits per heavy atom. The number of halogens is 1. The predicted octanol–water partition coefficient (Wildman–Crippen LogP) is 5.38. The lowest BCUT2D eigenvalue weighted by Gasteiger charge is -2.08. The van der Waals surface area contributed by atoms with E-state index in [1.54, 1.807) is 6.08 Å². The van der Waals surface area contributed by atoms with Crippen LogP contribution < -0.4 is 4.74 Å². The maximum absolute atomic E-state index is 5.65. The minimum atomic E-state index is 0.478. The van der Waals surface area contributed by atoms with Gasteiger partial charge >= 0.3 is 0 Å². The number of ether oxygens (including phenoxy) is 1. The van der Waals surface area contributed by atoms with Crippen LogP contribution in [0.2, 0.25) is 0 Å². The van der Waals surface area contributed by atoms with Crippen LogP contribution in [0.25, 0.3) is 0 Å². The summed E-state index contributed by atoms with van der Waals surface area (Å²) in [6.07, 6.45) is 3.57. The Morgan fingerprint density at radius 1 is 1.19 bits per heavy atom. The number of benzene rings is 2. The smallest absolute Gasteiger partial charge is 0.128 e. The molecule has 0 heterocycles. The molecule has 0 aromatic heterocycles. The van der Waals surface area contributed by atoms with E-state index in [1.807, 2.05) is 24.4 Å². The van der Waals surface area contributed by atoms with Gasteiger partial charge in [0.2, 0.25) is 0 Å². The Kier molecular flexibility index (Phi) is 5.34. The van der Waals surface area contributed by atoms with Crippen LogP contribution in [0.5, 0.6) is 5.75 Å². The van der Waals surface area contributed by atoms with Crippen molar-refractivity contribution >= 4 is 27.8 Å². The van der Waals surface area contributed by atoms with Gasteiger partial charge in [-0.2, -0.15) is 0 Å². The molecular weight excluding hydrogens is 326 g/mol. The van der Waals surface area contributed by atoms with Gasteiger partial charge in [-0.15, -0.1) is 0 Å². The summed E-state index contributed by atoms with van der Waals surface area (Å²) in [5, 5.41) is 0. The van der Waals surface area contributed by atoms with E-state index in [0.717, 1.165) is 27.0 Å². The van der Waals surface area contributed by atoms with Crippen molar-refractivity contribution in [3.05, 3.63) is 70.2 Å². The van der Waals surface area contributed by atoms with E-state index in [4.69, 9.17) is 4.74 Å². The van der Waals surface area contributed by atoms with Gasteiger partial charge in [-0.25, -0.2) is 0 Å². The third-order valence-corrected chi connectivity index (χ3v) is 3.53. The molecule has 0 amide bonds. The quantitative estimate of drug-likeness (QED) is 0.527. The van der Waals surface area contributed by atoms with Crippen molar-refractivity contribution in [2.45, 2.75) is 13.8 Å². The van der Waals surface area contributed by atoms with Crippen LogP contribution >= 0.6 is 15.9 Å². The van der Waals surface area contributed by atoms with E-state index in [1.165, 1.54) is 5.56 Å². The highest BCUT2D eigenvalue weighted by Gasteiger charge is 2.03. The zero-order chi connectivity index (χ0) is 15.2. The first-order chi connectivity index (χ1) is 10.1. The van der Waals surface area contributed by atoms with Gasteiger partial charge in [0, 0.05) is 16.3 Å². The first-order valence-corrected chi connectivity index (χ1v) is 7.54. The van der Waals surface area contributed by atoms with Crippen molar-refractivity contribution in [2.75, 3.05) is 6.61 Å². The molecule has 0 saturated heterocycles. The van der Waals surface area contributed by atoms with Crippen molar-refractivity contribution in [1.29, 1.82) is 0 Å². The maximum Gasteiger partial charge on any atom is 0.128 e. The summed E-state index contributed by atoms with van der Waals surface area (Å²) in [7, 11) is 0. The molecule has 2 aromatic rings. The number of nitrogens with zero attached hydrogens (tertiary/aromatic N) is 1. The average Bonchev–Trinajstić information content (AvgIpc) is 2.47. The lowest BCUT2D eigenvalue weighted by Crippen LogP contribution is -1.97. The van der Waals surface area contributed by atoms with Crippen LogP contribution in [0.15, 0.2) is 58.5 Å². The number of rotatable bonds is 5. The van der Waals surface area contributed by atoms with E-state index in [9.17, 15) is 0 Å². The topological polar surface area (TPSA) is 21.6 Å². The Labute approximate surface area is 134 Å². The summed E-state index contributed by atoms with van der Waals surface area (Å²) in [5.41, 5.74) is 4.27. The van der Waals surface area contributed by atoms with Gasteiger partial charge in [-0.05, 0) is 49.2 Å². The third-order valence-electron chi connectivity index (χ3n) is 3.04. The van der Waals surface area contributed by atoms with Crippen molar-refractivity contribution in [1.82, 2.24) is 0 Å². The fourth-order valence-electron chi connectivity index (χ4n) is 1.90. The molecule has 0 aliphatic heterocycles. The fourth-order valence-corrected chi connectivity index (χ4v) is 2.28. The highest BCUT2D eigenvalue weighted by atomic mass is 79.9. The van der Waals surface area contributed by atoms with Crippen LogP contribution in [0, 0.1) is 13.8 Å². The van der Waals surface area contributed by atoms with Gasteiger partial charge in [0.15, 0.2) is 0 Å². The SMILES string of the molecule is C=CCOc1ccc(Br)cc1C=Nc1cc(C)ccc1C. The van der Waals surface area contributed by atoms with Gasteiger partial charge in [0.25, 0.3) is 0 Å². The summed E-state index contributed by atoms with van der Waals surface area (Å²) < 4.78 is 6.65. The van der Waals surface area contributed by atoms with Crippen LogP contribution in [0.1, 0.15) is 16.7 Å². The Morgan fingerprint density at radius 2 is 2.00 bits per heavy atom. The van der Waals surface area contributed by atoms with Crippen molar-refractivity contribution in [2.24, 2.45) is 4.99 Å². The molecule has 0 bridgehead atoms. The normalized spacial score (nSPS) is 10.8. The molecule has 0 atom stereocenters. The second kappa shape index (κ2) is 7.23. The summed E-state index contributed by atoms with van der Waals surface area (Å²) in [6, 6.07) is 12.1. The van der Waals surface area contributed by atoms with Gasteiger partial charge in [0.1, 0.15) is 12.4 Å². The molecule has 0 saturated carbocycles. The molecule has 0 spiro atoms. The number of hydrogen-bond donors (Lipinski definition) is 0. The predicted molar refractivity (Wildman–Crippen MR) is 93.0 cm³/mol. The van der Waals surface area contributed by atoms with Crippen LogP contribution in [0.4, 0.5) is 5.69 Å². The Hall–Kier alpha value is -1.87. The van der Waals surface area contributed by atoms with E-state index >= 15 is 0 Å². The van der Waals surface area contributed by atoms with Gasteiger partial charge in [0.05, 0.1) is 5.69 Å². The van der Waals surface area contributed by atoms with Crippen LogP contribution in [-0.4, -0.2) is 12.8 Å². The summed E-state index contributed by atoms with van der Waals surface area (Å²) in [6.45, 7) is 8.27. The van der Waals surface area contributed by atoms with Gasteiger partial charge in [-0.3, -0.25) is 4.99 Å². The Bertz CT molecular complexity index is 677. The number of aryl methyl sites for hydroxylation is 2. The molecule has 108 valence electrons. The summed E-state index contributed by atoms with van der Waals surface area (Å²) in [5.74, 6) is 0.798. The molecule has 0 fully saturated rings. The summed E-state index contributed by atoms with van der Waals surface area (Å²) >= 11 is 3.48. The first-order valence-electron chi connectivity index (χ1n) is 6.74. The molecule has 2 aromatic carbocycles. The highest BCUT2D eigenvalue weighted by molar-refractivity contribution is 9.10. The van der Waals surface area contributed by atoms with Gasteiger partial charge < -0.3 is 4.74 Å². The van der Waals surface area contributed by atoms with Crippen molar-refractivity contribution in [3.8, 4) is 5.75 Å². The monoisotopic (exact) mass is 343 g/mol. The van der Waals surface area contributed by atoms with Gasteiger partial charge in [-0.1, -0.05) is 40.7 Å². The van der Waals surface area contributed by atoms with E-state index in [0.29, 0.717) is 6.61 Å². The number of hydrogen-bond acceptors (Lipinski definition) is 2. The minimum Gasteiger partial charge on any atom is -0.489 e. The minimum absolute atomic E-state index is 0.478. The second-order valence-electron chi connectivity index (χ2n) is 4.83. The standard InChI is InChI=1S/C18H18BrNO/c1-4-9-21-18-8-7-16(19)11-15(18)12-20-17-10-13(2)5-6-14(17)3/h4-8,10-12H,1,9H2,2-3H3. The number of aliphatic imine (C=N–C) groups is 1. The molecule has 0 unspecified atom stereocenters. The lowest BCUT2D eigenvalue weighted by molar-refractivity contribution is 0.362. The molecule has 0 aliphatic carbocycles. The van der Waals surface area contributed by atoms with Crippen molar-refractivity contribution < 1.29 is 4.74 Å². The molecular formula is C18H18BrNO. The molecule has 0 N–H and O–H groups in total. The molecule has 2 rings (SSSR count). The molecule has 0 aliphatic rings. The van der Waals surface area contributed by atoms with Crippen LogP contribution in [0.3, 0.4) is 0 Å². The molecule has 2 nitrogen and oxygen atoms in total. The Balaban J connectivity index is 2.33.